The molecule has 0 aliphatic rings. The summed E-state index contributed by atoms with van der Waals surface area (Å²) in [5.74, 6) is 0.0937. The van der Waals surface area contributed by atoms with Crippen LogP contribution in [0, 0.1) is 0 Å². The molecule has 0 aliphatic heterocycles. The topological polar surface area (TPSA) is 85.8 Å². The molecule has 3 heterocycles. The molecule has 3 aromatic rings. The Kier molecular flexibility index (Phi) is 4.01. The highest BCUT2D eigenvalue weighted by atomic mass is 32.1. The number of carbonyl (C=O) groups is 1. The fraction of sp³-hybridized carbons (Fsp3) is 0.286. The first-order chi connectivity index (χ1) is 10.6. The van der Waals surface area contributed by atoms with Gasteiger partial charge in [0.15, 0.2) is 0 Å². The molecule has 1 N–H and O–H groups in total. The first-order valence-corrected chi connectivity index (χ1v) is 7.71. The molecule has 8 heteroatoms. The molecular weight excluding hydrogens is 302 g/mol. The lowest BCUT2D eigenvalue weighted by Gasteiger charge is -2.02. The predicted molar refractivity (Wildman–Crippen MR) is 82.6 cm³/mol. The van der Waals surface area contributed by atoms with Crippen LogP contribution in [-0.2, 0) is 11.2 Å². The molecule has 7 nitrogen and oxygen atoms in total. The Bertz CT molecular complexity index is 760. The van der Waals surface area contributed by atoms with Gasteiger partial charge in [-0.3, -0.25) is 14.8 Å². The quantitative estimate of drug-likeness (QED) is 0.782. The summed E-state index contributed by atoms with van der Waals surface area (Å²) in [6, 6.07) is 5.94. The van der Waals surface area contributed by atoms with Crippen molar-refractivity contribution in [2.75, 3.05) is 5.32 Å². The van der Waals surface area contributed by atoms with Gasteiger partial charge in [-0.15, -0.1) is 16.4 Å². The van der Waals surface area contributed by atoms with Crippen LogP contribution in [0.5, 0.6) is 0 Å². The highest BCUT2D eigenvalue weighted by Gasteiger charge is 2.14. The van der Waals surface area contributed by atoms with Gasteiger partial charge in [0.25, 0.3) is 5.89 Å². The second-order valence-electron chi connectivity index (χ2n) is 4.99. The van der Waals surface area contributed by atoms with Crippen molar-refractivity contribution in [3.8, 4) is 11.6 Å². The number of nitrogens with zero attached hydrogens (tertiary/aromatic N) is 4. The number of amides is 1. The number of carbonyl (C=O) groups excluding carboxylic acids is 1. The molecule has 0 atom stereocenters. The molecule has 0 fully saturated rings. The lowest BCUT2D eigenvalue weighted by atomic mass is 10.3. The van der Waals surface area contributed by atoms with Crippen molar-refractivity contribution in [3.63, 3.8) is 0 Å². The fourth-order valence-corrected chi connectivity index (χ4v) is 2.56. The summed E-state index contributed by atoms with van der Waals surface area (Å²) in [7, 11) is 0. The minimum absolute atomic E-state index is 0.0793. The summed E-state index contributed by atoms with van der Waals surface area (Å²) in [6.45, 7) is 4.06. The van der Waals surface area contributed by atoms with E-state index in [4.69, 9.17) is 4.42 Å². The molecule has 1 amide bonds. The van der Waals surface area contributed by atoms with Crippen molar-refractivity contribution >= 4 is 23.3 Å². The van der Waals surface area contributed by atoms with Crippen LogP contribution in [0.4, 0.5) is 6.01 Å². The van der Waals surface area contributed by atoms with Gasteiger partial charge in [-0.1, -0.05) is 11.2 Å². The molecule has 3 rings (SSSR count). The smallest absolute Gasteiger partial charge is 0.322 e. The summed E-state index contributed by atoms with van der Waals surface area (Å²) < 4.78 is 7.23. The Morgan fingerprint density at radius 3 is 2.95 bits per heavy atom. The third kappa shape index (κ3) is 3.22. The highest BCUT2D eigenvalue weighted by Crippen LogP contribution is 2.19. The van der Waals surface area contributed by atoms with E-state index in [1.807, 2.05) is 37.6 Å². The van der Waals surface area contributed by atoms with Crippen LogP contribution in [0.3, 0.4) is 0 Å². The van der Waals surface area contributed by atoms with Gasteiger partial charge >= 0.3 is 6.01 Å². The van der Waals surface area contributed by atoms with Crippen LogP contribution in [-0.4, -0.2) is 25.9 Å². The third-order valence-electron chi connectivity index (χ3n) is 2.94. The van der Waals surface area contributed by atoms with Crippen molar-refractivity contribution in [1.29, 1.82) is 0 Å². The number of nitrogens with one attached hydrogen (secondary N) is 1. The molecule has 0 aromatic carbocycles. The van der Waals surface area contributed by atoms with E-state index in [0.29, 0.717) is 5.69 Å². The summed E-state index contributed by atoms with van der Waals surface area (Å²) in [4.78, 5) is 12.8. The summed E-state index contributed by atoms with van der Waals surface area (Å²) in [6.07, 6.45) is 2.14. The van der Waals surface area contributed by atoms with E-state index in [1.165, 1.54) is 11.3 Å². The van der Waals surface area contributed by atoms with Crippen molar-refractivity contribution in [2.45, 2.75) is 26.3 Å². The van der Waals surface area contributed by atoms with E-state index in [2.05, 4.69) is 20.6 Å². The lowest BCUT2D eigenvalue weighted by Crippen LogP contribution is -2.13. The average molecular weight is 317 g/mol. The lowest BCUT2D eigenvalue weighted by molar-refractivity contribution is -0.115. The Labute approximate surface area is 131 Å². The minimum atomic E-state index is -0.189. The summed E-state index contributed by atoms with van der Waals surface area (Å²) in [5, 5.41) is 16.6. The first kappa shape index (κ1) is 14.5. The van der Waals surface area contributed by atoms with E-state index in [1.54, 1.807) is 10.7 Å². The Hall–Kier alpha value is -2.48. The average Bonchev–Trinajstić information content (AvgIpc) is 3.18. The van der Waals surface area contributed by atoms with Gasteiger partial charge in [-0.25, -0.2) is 0 Å². The van der Waals surface area contributed by atoms with E-state index >= 15 is 0 Å². The van der Waals surface area contributed by atoms with E-state index in [9.17, 15) is 4.79 Å². The molecular formula is C14H15N5O2S. The largest absolute Gasteiger partial charge is 0.401 e. The van der Waals surface area contributed by atoms with Gasteiger partial charge in [-0.2, -0.15) is 5.10 Å². The highest BCUT2D eigenvalue weighted by molar-refractivity contribution is 7.10. The van der Waals surface area contributed by atoms with Crippen LogP contribution < -0.4 is 5.32 Å². The zero-order valence-corrected chi connectivity index (χ0v) is 13.0. The van der Waals surface area contributed by atoms with E-state index in [0.717, 1.165) is 4.88 Å². The normalized spacial score (nSPS) is 11.0. The molecule has 3 aromatic heterocycles. The van der Waals surface area contributed by atoms with Gasteiger partial charge in [0.1, 0.15) is 5.69 Å². The maximum Gasteiger partial charge on any atom is 0.322 e. The maximum absolute atomic E-state index is 11.9. The molecule has 0 spiro atoms. The Morgan fingerprint density at radius 1 is 1.41 bits per heavy atom. The predicted octanol–water partition coefficient (Wildman–Crippen LogP) is 2.76. The molecule has 0 saturated heterocycles. The number of rotatable bonds is 5. The van der Waals surface area contributed by atoms with Gasteiger partial charge in [0.05, 0.1) is 6.42 Å². The molecule has 0 aliphatic carbocycles. The Morgan fingerprint density at radius 2 is 2.27 bits per heavy atom. The molecule has 114 valence electrons. The number of hydrogen-bond donors (Lipinski definition) is 1. The van der Waals surface area contributed by atoms with Crippen LogP contribution in [0.2, 0.25) is 0 Å². The number of hydrogen-bond acceptors (Lipinski definition) is 6. The van der Waals surface area contributed by atoms with Crippen molar-refractivity contribution < 1.29 is 9.21 Å². The van der Waals surface area contributed by atoms with Crippen LogP contribution in [0.1, 0.15) is 24.8 Å². The van der Waals surface area contributed by atoms with Crippen molar-refractivity contribution in [2.24, 2.45) is 0 Å². The van der Waals surface area contributed by atoms with Gasteiger partial charge < -0.3 is 4.42 Å². The fourth-order valence-electron chi connectivity index (χ4n) is 1.85. The summed E-state index contributed by atoms with van der Waals surface area (Å²) >= 11 is 1.53. The van der Waals surface area contributed by atoms with Gasteiger partial charge in [-0.05, 0) is 31.4 Å². The SMILES string of the molecule is CC(C)n1ccc(-c2nnc(NC(=O)Cc3cccs3)o2)n1. The van der Waals surface area contributed by atoms with Gasteiger partial charge in [0, 0.05) is 17.1 Å². The van der Waals surface area contributed by atoms with Crippen LogP contribution >= 0.6 is 11.3 Å². The zero-order valence-electron chi connectivity index (χ0n) is 12.2. The minimum Gasteiger partial charge on any atom is -0.401 e. The zero-order chi connectivity index (χ0) is 15.5. The number of thiophene rings is 1. The monoisotopic (exact) mass is 317 g/mol. The maximum atomic E-state index is 11.9. The van der Waals surface area contributed by atoms with Crippen molar-refractivity contribution in [1.82, 2.24) is 20.0 Å². The van der Waals surface area contributed by atoms with Crippen LogP contribution in [0.15, 0.2) is 34.2 Å². The number of anilines is 1. The van der Waals surface area contributed by atoms with E-state index in [-0.39, 0.29) is 30.3 Å². The molecule has 0 saturated carbocycles. The first-order valence-electron chi connectivity index (χ1n) is 6.83. The van der Waals surface area contributed by atoms with Gasteiger partial charge in [0.2, 0.25) is 5.91 Å². The summed E-state index contributed by atoms with van der Waals surface area (Å²) in [5.41, 5.74) is 0.583. The number of aromatic nitrogens is 4. The Balaban J connectivity index is 1.66. The standard InChI is InChI=1S/C14H15N5O2S/c1-9(2)19-6-5-11(18-19)13-16-17-14(21-13)15-12(20)8-10-4-3-7-22-10/h3-7,9H,8H2,1-2H3,(H,15,17,20). The molecule has 0 radical (unpaired) electrons. The van der Waals surface area contributed by atoms with E-state index < -0.39 is 0 Å². The molecule has 22 heavy (non-hydrogen) atoms. The second-order valence-corrected chi connectivity index (χ2v) is 6.02. The van der Waals surface area contributed by atoms with Crippen LogP contribution in [0.25, 0.3) is 11.6 Å². The molecule has 0 unspecified atom stereocenters. The third-order valence-corrected chi connectivity index (χ3v) is 3.82. The van der Waals surface area contributed by atoms with Crippen molar-refractivity contribution in [3.05, 3.63) is 34.7 Å². The second kappa shape index (κ2) is 6.10. The molecule has 0 bridgehead atoms.